The van der Waals surface area contributed by atoms with Gasteiger partial charge in [0.25, 0.3) is 0 Å². The SMILES string of the molecule is COc1cccc(CNC2CCC(C)CC2)c1. The zero-order valence-electron chi connectivity index (χ0n) is 10.9. The van der Waals surface area contributed by atoms with Gasteiger partial charge < -0.3 is 10.1 Å². The summed E-state index contributed by atoms with van der Waals surface area (Å²) in [4.78, 5) is 0. The minimum absolute atomic E-state index is 0.706. The Bertz CT molecular complexity index is 343. The molecule has 17 heavy (non-hydrogen) atoms. The smallest absolute Gasteiger partial charge is 0.119 e. The van der Waals surface area contributed by atoms with Gasteiger partial charge in [0.05, 0.1) is 7.11 Å². The topological polar surface area (TPSA) is 21.3 Å². The van der Waals surface area contributed by atoms with Crippen molar-refractivity contribution in [1.29, 1.82) is 0 Å². The van der Waals surface area contributed by atoms with Crippen LogP contribution >= 0.6 is 0 Å². The highest BCUT2D eigenvalue weighted by Crippen LogP contribution is 2.23. The van der Waals surface area contributed by atoms with Crippen LogP contribution in [-0.4, -0.2) is 13.2 Å². The van der Waals surface area contributed by atoms with E-state index in [4.69, 9.17) is 4.74 Å². The van der Waals surface area contributed by atoms with Crippen LogP contribution in [0, 0.1) is 5.92 Å². The third-order valence-electron chi connectivity index (χ3n) is 3.74. The van der Waals surface area contributed by atoms with Crippen molar-refractivity contribution in [2.24, 2.45) is 5.92 Å². The summed E-state index contributed by atoms with van der Waals surface area (Å²) < 4.78 is 5.23. The van der Waals surface area contributed by atoms with Crippen LogP contribution in [-0.2, 0) is 6.54 Å². The summed E-state index contributed by atoms with van der Waals surface area (Å²) in [6.45, 7) is 3.31. The predicted molar refractivity (Wildman–Crippen MR) is 71.3 cm³/mol. The number of hydrogen-bond acceptors (Lipinski definition) is 2. The van der Waals surface area contributed by atoms with Gasteiger partial charge in [-0.3, -0.25) is 0 Å². The zero-order chi connectivity index (χ0) is 12.1. The largest absolute Gasteiger partial charge is 0.497 e. The standard InChI is InChI=1S/C15H23NO/c1-12-6-8-14(9-7-12)16-11-13-4-3-5-15(10-13)17-2/h3-5,10,12,14,16H,6-9,11H2,1-2H3. The van der Waals surface area contributed by atoms with Gasteiger partial charge in [0.2, 0.25) is 0 Å². The van der Waals surface area contributed by atoms with Crippen LogP contribution in [0.5, 0.6) is 5.75 Å². The van der Waals surface area contributed by atoms with Gasteiger partial charge in [-0.15, -0.1) is 0 Å². The highest BCUT2D eigenvalue weighted by atomic mass is 16.5. The maximum atomic E-state index is 5.23. The summed E-state index contributed by atoms with van der Waals surface area (Å²) in [5, 5.41) is 3.65. The van der Waals surface area contributed by atoms with Gasteiger partial charge >= 0.3 is 0 Å². The van der Waals surface area contributed by atoms with Gasteiger partial charge in [-0.2, -0.15) is 0 Å². The maximum Gasteiger partial charge on any atom is 0.119 e. The van der Waals surface area contributed by atoms with E-state index in [0.717, 1.165) is 18.2 Å². The zero-order valence-corrected chi connectivity index (χ0v) is 10.9. The molecule has 1 aliphatic carbocycles. The molecule has 0 amide bonds. The molecule has 1 saturated carbocycles. The first-order valence-corrected chi connectivity index (χ1v) is 6.64. The molecule has 1 aliphatic rings. The molecule has 1 aromatic carbocycles. The highest BCUT2D eigenvalue weighted by Gasteiger charge is 2.17. The van der Waals surface area contributed by atoms with E-state index < -0.39 is 0 Å². The van der Waals surface area contributed by atoms with Gasteiger partial charge in [0.1, 0.15) is 5.75 Å². The minimum Gasteiger partial charge on any atom is -0.497 e. The second-order valence-corrected chi connectivity index (χ2v) is 5.19. The summed E-state index contributed by atoms with van der Waals surface area (Å²) in [6.07, 6.45) is 5.39. The first kappa shape index (κ1) is 12.4. The van der Waals surface area contributed by atoms with Crippen molar-refractivity contribution in [3.05, 3.63) is 29.8 Å². The summed E-state index contributed by atoms with van der Waals surface area (Å²) in [5.41, 5.74) is 1.31. The summed E-state index contributed by atoms with van der Waals surface area (Å²) in [6, 6.07) is 9.02. The number of rotatable bonds is 4. The third-order valence-corrected chi connectivity index (χ3v) is 3.74. The Hall–Kier alpha value is -1.02. The summed E-state index contributed by atoms with van der Waals surface area (Å²) in [7, 11) is 1.72. The van der Waals surface area contributed by atoms with Crippen molar-refractivity contribution in [3.63, 3.8) is 0 Å². The van der Waals surface area contributed by atoms with Crippen molar-refractivity contribution in [2.45, 2.75) is 45.2 Å². The third kappa shape index (κ3) is 3.74. The number of benzene rings is 1. The van der Waals surface area contributed by atoms with E-state index in [9.17, 15) is 0 Å². The average molecular weight is 233 g/mol. The molecule has 0 aromatic heterocycles. The molecular formula is C15H23NO. The van der Waals surface area contributed by atoms with Gasteiger partial charge in [0.15, 0.2) is 0 Å². The molecule has 2 nitrogen and oxygen atoms in total. The quantitative estimate of drug-likeness (QED) is 0.861. The van der Waals surface area contributed by atoms with Crippen LogP contribution in [0.2, 0.25) is 0 Å². The van der Waals surface area contributed by atoms with Crippen molar-refractivity contribution in [1.82, 2.24) is 5.32 Å². The lowest BCUT2D eigenvalue weighted by atomic mass is 9.87. The lowest BCUT2D eigenvalue weighted by molar-refractivity contribution is 0.306. The average Bonchev–Trinajstić information content (AvgIpc) is 2.38. The maximum absolute atomic E-state index is 5.23. The predicted octanol–water partition coefficient (Wildman–Crippen LogP) is 3.36. The molecule has 94 valence electrons. The molecule has 0 heterocycles. The minimum atomic E-state index is 0.706. The summed E-state index contributed by atoms with van der Waals surface area (Å²) in [5.74, 6) is 1.87. The van der Waals surface area contributed by atoms with Gasteiger partial charge in [0, 0.05) is 12.6 Å². The van der Waals surface area contributed by atoms with Crippen LogP contribution in [0.1, 0.15) is 38.2 Å². The van der Waals surface area contributed by atoms with E-state index in [1.54, 1.807) is 7.11 Å². The number of ether oxygens (including phenoxy) is 1. The van der Waals surface area contributed by atoms with Crippen LogP contribution in [0.25, 0.3) is 0 Å². The Morgan fingerprint density at radius 3 is 2.71 bits per heavy atom. The van der Waals surface area contributed by atoms with Crippen LogP contribution in [0.15, 0.2) is 24.3 Å². The molecule has 0 aliphatic heterocycles. The highest BCUT2D eigenvalue weighted by molar-refractivity contribution is 5.28. The number of methoxy groups -OCH3 is 1. The second-order valence-electron chi connectivity index (χ2n) is 5.19. The van der Waals surface area contributed by atoms with Crippen LogP contribution in [0.3, 0.4) is 0 Å². The van der Waals surface area contributed by atoms with E-state index >= 15 is 0 Å². The molecule has 2 rings (SSSR count). The molecule has 0 atom stereocenters. The normalized spacial score (nSPS) is 24.6. The fraction of sp³-hybridized carbons (Fsp3) is 0.600. The van der Waals surface area contributed by atoms with E-state index in [0.29, 0.717) is 6.04 Å². The molecule has 0 unspecified atom stereocenters. The second kappa shape index (κ2) is 6.06. The van der Waals surface area contributed by atoms with Gasteiger partial charge in [-0.25, -0.2) is 0 Å². The van der Waals surface area contributed by atoms with Crippen molar-refractivity contribution < 1.29 is 4.74 Å². The van der Waals surface area contributed by atoms with Crippen molar-refractivity contribution in [2.75, 3.05) is 7.11 Å². The molecule has 1 aromatic rings. The Kier molecular flexibility index (Phi) is 4.43. The van der Waals surface area contributed by atoms with Gasteiger partial charge in [-0.05, 0) is 49.3 Å². The monoisotopic (exact) mass is 233 g/mol. The van der Waals surface area contributed by atoms with Crippen molar-refractivity contribution >= 4 is 0 Å². The molecule has 1 N–H and O–H groups in total. The van der Waals surface area contributed by atoms with E-state index in [2.05, 4.69) is 30.4 Å². The molecule has 0 saturated heterocycles. The molecule has 0 spiro atoms. The first-order chi connectivity index (χ1) is 8.28. The van der Waals surface area contributed by atoms with E-state index in [-0.39, 0.29) is 0 Å². The van der Waals surface area contributed by atoms with Crippen LogP contribution < -0.4 is 10.1 Å². The molecule has 0 bridgehead atoms. The summed E-state index contributed by atoms with van der Waals surface area (Å²) >= 11 is 0. The van der Waals surface area contributed by atoms with E-state index in [1.807, 2.05) is 6.07 Å². The van der Waals surface area contributed by atoms with Gasteiger partial charge in [-0.1, -0.05) is 19.1 Å². The number of nitrogens with one attached hydrogen (secondary N) is 1. The van der Waals surface area contributed by atoms with Crippen molar-refractivity contribution in [3.8, 4) is 5.75 Å². The Labute approximate surface area is 104 Å². The fourth-order valence-electron chi connectivity index (χ4n) is 2.51. The first-order valence-electron chi connectivity index (χ1n) is 6.64. The lowest BCUT2D eigenvalue weighted by Crippen LogP contribution is -2.32. The van der Waals surface area contributed by atoms with E-state index in [1.165, 1.54) is 31.2 Å². The molecular weight excluding hydrogens is 210 g/mol. The fourth-order valence-corrected chi connectivity index (χ4v) is 2.51. The molecule has 2 heteroatoms. The van der Waals surface area contributed by atoms with Crippen LogP contribution in [0.4, 0.5) is 0 Å². The Morgan fingerprint density at radius 1 is 1.24 bits per heavy atom. The number of hydrogen-bond donors (Lipinski definition) is 1. The Morgan fingerprint density at radius 2 is 2.00 bits per heavy atom. The Balaban J connectivity index is 1.81. The lowest BCUT2D eigenvalue weighted by Gasteiger charge is -2.27. The molecule has 1 fully saturated rings. The molecule has 0 radical (unpaired) electrons.